The molecule has 0 aliphatic carbocycles. The molecule has 0 radical (unpaired) electrons. The van der Waals surface area contributed by atoms with Crippen molar-refractivity contribution in [1.82, 2.24) is 0 Å². The third-order valence-corrected chi connectivity index (χ3v) is 8.97. The van der Waals surface area contributed by atoms with Crippen molar-refractivity contribution >= 4 is 25.1 Å². The second-order valence-corrected chi connectivity index (χ2v) is 11.7. The molecule has 0 aromatic rings. The highest BCUT2D eigenvalue weighted by Crippen LogP contribution is 2.37. The van der Waals surface area contributed by atoms with Gasteiger partial charge in [-0.05, 0) is 24.0 Å². The first-order chi connectivity index (χ1) is 7.13. The minimum Gasteiger partial charge on any atom is -0.301 e. The fourth-order valence-electron chi connectivity index (χ4n) is 1.11. The van der Waals surface area contributed by atoms with Crippen LogP contribution in [0.2, 0.25) is 18.1 Å². The van der Waals surface area contributed by atoms with Crippen LogP contribution in [0.3, 0.4) is 0 Å². The van der Waals surface area contributed by atoms with E-state index in [1.165, 1.54) is 0 Å². The minimum absolute atomic E-state index is 0.0858. The van der Waals surface area contributed by atoms with Crippen LogP contribution < -0.4 is 0 Å². The minimum atomic E-state index is -1.91. The summed E-state index contributed by atoms with van der Waals surface area (Å²) in [7, 11) is -1.91. The summed E-state index contributed by atoms with van der Waals surface area (Å²) in [5.41, 5.74) is 0. The summed E-state index contributed by atoms with van der Waals surface area (Å²) in [6.07, 6.45) is 4.67. The number of hydrogen-bond acceptors (Lipinski definition) is 1. The van der Waals surface area contributed by atoms with Crippen LogP contribution in [0.15, 0.2) is 11.1 Å². The molecule has 94 valence electrons. The van der Waals surface area contributed by atoms with E-state index in [1.54, 1.807) is 6.08 Å². The Bertz CT molecular complexity index is 274. The molecule has 0 saturated carbocycles. The molecule has 0 spiro atoms. The van der Waals surface area contributed by atoms with Crippen molar-refractivity contribution in [2.24, 2.45) is 0 Å². The van der Waals surface area contributed by atoms with E-state index in [-0.39, 0.29) is 10.4 Å². The number of allylic oxidation sites excluding steroid dienone is 2. The summed E-state index contributed by atoms with van der Waals surface area (Å²) in [5, 5.41) is 1.07. The maximum Gasteiger partial charge on any atom is 0.137 e. The Morgan fingerprint density at radius 3 is 2.19 bits per heavy atom. The third-order valence-electron chi connectivity index (χ3n) is 3.55. The van der Waals surface area contributed by atoms with E-state index in [4.69, 9.17) is 11.6 Å². The van der Waals surface area contributed by atoms with Gasteiger partial charge in [-0.25, -0.2) is 0 Å². The molecule has 0 heterocycles. The molecule has 0 bridgehead atoms. The molecule has 16 heavy (non-hydrogen) atoms. The summed E-state index contributed by atoms with van der Waals surface area (Å²) >= 11 is 6.07. The van der Waals surface area contributed by atoms with Crippen LogP contribution in [0.1, 0.15) is 47.0 Å². The van der Waals surface area contributed by atoms with Gasteiger partial charge in [-0.1, -0.05) is 58.8 Å². The van der Waals surface area contributed by atoms with E-state index in [9.17, 15) is 4.79 Å². The predicted octanol–water partition coefficient (Wildman–Crippen LogP) is 4.92. The molecule has 0 fully saturated rings. The summed E-state index contributed by atoms with van der Waals surface area (Å²) in [4.78, 5) is 12.2. The number of halogens is 1. The lowest BCUT2D eigenvalue weighted by Crippen LogP contribution is -2.45. The molecule has 0 unspecified atom stereocenters. The zero-order valence-electron chi connectivity index (χ0n) is 11.5. The van der Waals surface area contributed by atoms with Gasteiger partial charge in [0.05, 0.1) is 0 Å². The highest BCUT2D eigenvalue weighted by molar-refractivity contribution is 7.07. The van der Waals surface area contributed by atoms with Crippen LogP contribution >= 0.6 is 11.6 Å². The summed E-state index contributed by atoms with van der Waals surface area (Å²) in [6.45, 7) is 12.8. The van der Waals surface area contributed by atoms with Crippen molar-refractivity contribution in [1.29, 1.82) is 0 Å². The van der Waals surface area contributed by atoms with Gasteiger partial charge in [0.15, 0.2) is 0 Å². The Labute approximate surface area is 106 Å². The number of hydrogen-bond donors (Lipinski definition) is 0. The lowest BCUT2D eigenvalue weighted by Gasteiger charge is -2.34. The Balaban J connectivity index is 4.69. The Kier molecular flexibility index (Phi) is 5.98. The first kappa shape index (κ1) is 15.9. The van der Waals surface area contributed by atoms with Crippen LogP contribution in [0.25, 0.3) is 0 Å². The Morgan fingerprint density at radius 2 is 1.81 bits per heavy atom. The molecule has 0 aromatic heterocycles. The molecule has 0 aliphatic heterocycles. The lowest BCUT2D eigenvalue weighted by molar-refractivity contribution is -0.108. The van der Waals surface area contributed by atoms with Crippen molar-refractivity contribution < 1.29 is 4.79 Å². The monoisotopic (exact) mass is 260 g/mol. The van der Waals surface area contributed by atoms with Crippen molar-refractivity contribution in [3.63, 3.8) is 0 Å². The largest absolute Gasteiger partial charge is 0.301 e. The van der Waals surface area contributed by atoms with E-state index in [1.807, 2.05) is 0 Å². The van der Waals surface area contributed by atoms with Gasteiger partial charge in [-0.2, -0.15) is 0 Å². The molecular weight excluding hydrogens is 236 g/mol. The molecule has 0 amide bonds. The molecule has 0 aromatic carbocycles. The molecular formula is C13H25ClOSi. The highest BCUT2D eigenvalue weighted by Gasteiger charge is 2.40. The van der Waals surface area contributed by atoms with Crippen molar-refractivity contribution in [2.45, 2.75) is 65.1 Å². The summed E-state index contributed by atoms with van der Waals surface area (Å²) < 4.78 is 0. The van der Waals surface area contributed by atoms with Gasteiger partial charge >= 0.3 is 0 Å². The van der Waals surface area contributed by atoms with Gasteiger partial charge in [-0.3, -0.25) is 0 Å². The lowest BCUT2D eigenvalue weighted by atomic mass is 10.2. The number of unbranched alkanes of at least 4 members (excludes halogenated alkanes) is 1. The SMILES string of the molecule is CCCC/C(Cl)=C/C(=O)[Si](C)(C)C(C)(C)C. The first-order valence-electron chi connectivity index (χ1n) is 6.03. The summed E-state index contributed by atoms with van der Waals surface area (Å²) in [5.74, 6) is 0. The van der Waals surface area contributed by atoms with E-state index >= 15 is 0 Å². The molecule has 0 rings (SSSR count). The maximum absolute atomic E-state index is 12.2. The van der Waals surface area contributed by atoms with Crippen molar-refractivity contribution in [3.05, 3.63) is 11.1 Å². The quantitative estimate of drug-likeness (QED) is 0.507. The molecule has 0 saturated heterocycles. The van der Waals surface area contributed by atoms with Gasteiger partial charge in [0.2, 0.25) is 0 Å². The smallest absolute Gasteiger partial charge is 0.137 e. The van der Waals surface area contributed by atoms with Crippen LogP contribution in [-0.2, 0) is 4.79 Å². The molecule has 0 N–H and O–H groups in total. The Hall–Kier alpha value is -0.0831. The van der Waals surface area contributed by atoms with Gasteiger partial charge in [0.25, 0.3) is 0 Å². The Morgan fingerprint density at radius 1 is 1.31 bits per heavy atom. The average Bonchev–Trinajstić information content (AvgIpc) is 2.12. The molecule has 3 heteroatoms. The van der Waals surface area contributed by atoms with E-state index in [2.05, 4.69) is 40.8 Å². The number of rotatable bonds is 5. The van der Waals surface area contributed by atoms with E-state index in [0.29, 0.717) is 0 Å². The van der Waals surface area contributed by atoms with E-state index in [0.717, 1.165) is 24.3 Å². The molecule has 0 aliphatic rings. The maximum atomic E-state index is 12.2. The third kappa shape index (κ3) is 4.42. The normalized spacial score (nSPS) is 14.1. The van der Waals surface area contributed by atoms with Gasteiger partial charge in [0, 0.05) is 5.03 Å². The van der Waals surface area contributed by atoms with Gasteiger partial charge < -0.3 is 4.79 Å². The van der Waals surface area contributed by atoms with Crippen LogP contribution in [0.4, 0.5) is 0 Å². The number of carbonyl (C=O) groups excluding carboxylic acids is 1. The zero-order valence-corrected chi connectivity index (χ0v) is 13.2. The van der Waals surface area contributed by atoms with Crippen molar-refractivity contribution in [3.8, 4) is 0 Å². The standard InChI is InChI=1S/C13H25ClOSi/c1-7-8-9-11(14)10-12(15)16(5,6)13(2,3)4/h10H,7-9H2,1-6H3/b11-10-. The fourth-order valence-corrected chi connectivity index (χ4v) is 2.71. The topological polar surface area (TPSA) is 17.1 Å². The fraction of sp³-hybridized carbons (Fsp3) is 0.769. The van der Waals surface area contributed by atoms with Gasteiger partial charge in [-0.15, -0.1) is 0 Å². The van der Waals surface area contributed by atoms with Crippen LogP contribution in [0, 0.1) is 0 Å². The summed E-state index contributed by atoms with van der Waals surface area (Å²) in [6, 6.07) is 0. The van der Waals surface area contributed by atoms with E-state index < -0.39 is 8.07 Å². The molecule has 0 atom stereocenters. The second kappa shape index (κ2) is 6.01. The predicted molar refractivity (Wildman–Crippen MR) is 75.7 cm³/mol. The van der Waals surface area contributed by atoms with Crippen LogP contribution in [-0.4, -0.2) is 13.5 Å². The number of carbonyl (C=O) groups is 1. The second-order valence-electron chi connectivity index (χ2n) is 5.93. The average molecular weight is 261 g/mol. The highest BCUT2D eigenvalue weighted by atomic mass is 35.5. The van der Waals surface area contributed by atoms with Crippen molar-refractivity contribution in [2.75, 3.05) is 0 Å². The van der Waals surface area contributed by atoms with Crippen LogP contribution in [0.5, 0.6) is 0 Å². The molecule has 1 nitrogen and oxygen atoms in total. The first-order valence-corrected chi connectivity index (χ1v) is 9.41. The van der Waals surface area contributed by atoms with Gasteiger partial charge in [0.1, 0.15) is 13.5 Å². The zero-order chi connectivity index (χ0) is 13.0.